The van der Waals surface area contributed by atoms with Crippen molar-refractivity contribution in [3.63, 3.8) is 0 Å². The van der Waals surface area contributed by atoms with Crippen molar-refractivity contribution in [3.05, 3.63) is 69.2 Å². The highest BCUT2D eigenvalue weighted by molar-refractivity contribution is 7.28. The fraction of sp³-hybridized carbons (Fsp3) is 0.208. The van der Waals surface area contributed by atoms with Crippen LogP contribution in [0.25, 0.3) is 9.40 Å². The maximum absolute atomic E-state index is 12.4. The summed E-state index contributed by atoms with van der Waals surface area (Å²) in [7, 11) is 0. The topological polar surface area (TPSA) is 90.7 Å². The van der Waals surface area contributed by atoms with Crippen LogP contribution in [0, 0.1) is 18.8 Å². The lowest BCUT2D eigenvalue weighted by Crippen LogP contribution is -2.16. The molecule has 1 N–H and O–H groups in total. The van der Waals surface area contributed by atoms with Crippen LogP contribution in [0.5, 0.6) is 0 Å². The second-order valence-electron chi connectivity index (χ2n) is 6.98. The number of aryl methyl sites for hydroxylation is 1. The molecule has 4 rings (SSSR count). The number of carbonyl (C=O) groups is 2. The number of thiophene rings is 2. The molecule has 1 unspecified atom stereocenters. The minimum absolute atomic E-state index is 0.237. The van der Waals surface area contributed by atoms with E-state index in [9.17, 15) is 9.59 Å². The van der Waals surface area contributed by atoms with Gasteiger partial charge in [0.2, 0.25) is 5.76 Å². The molecule has 1 aromatic carbocycles. The Labute approximate surface area is 198 Å². The van der Waals surface area contributed by atoms with Crippen molar-refractivity contribution < 1.29 is 23.6 Å². The summed E-state index contributed by atoms with van der Waals surface area (Å²) < 4.78 is 17.7. The van der Waals surface area contributed by atoms with Gasteiger partial charge in [-0.05, 0) is 50.3 Å². The van der Waals surface area contributed by atoms with Gasteiger partial charge in [0.25, 0.3) is 0 Å². The predicted molar refractivity (Wildman–Crippen MR) is 128 cm³/mol. The minimum atomic E-state index is -0.621. The fourth-order valence-corrected chi connectivity index (χ4v) is 5.15. The molecule has 0 spiro atoms. The molecule has 33 heavy (non-hydrogen) atoms. The molecular formula is C24H20N2O5S2. The molecule has 0 fully saturated rings. The van der Waals surface area contributed by atoms with Gasteiger partial charge >= 0.3 is 12.1 Å². The van der Waals surface area contributed by atoms with E-state index in [4.69, 9.17) is 14.0 Å². The summed E-state index contributed by atoms with van der Waals surface area (Å²) in [6.45, 7) is 5.63. The Balaban J connectivity index is 1.47. The molecule has 4 aromatic rings. The van der Waals surface area contributed by atoms with E-state index in [1.165, 1.54) is 22.7 Å². The van der Waals surface area contributed by atoms with Crippen LogP contribution in [0.4, 0.5) is 10.5 Å². The number of rotatable bonds is 5. The molecule has 0 aliphatic heterocycles. The van der Waals surface area contributed by atoms with Crippen LogP contribution in [-0.2, 0) is 9.47 Å². The quantitative estimate of drug-likeness (QED) is 0.272. The lowest BCUT2D eigenvalue weighted by molar-refractivity contribution is 0.0532. The SMILES string of the molecule is CCOC(=O)c1cc2sc(C#Cc3onc(C)c3NC(=O)OC(C)c3ccccc3)cc2s1. The van der Waals surface area contributed by atoms with Crippen LogP contribution in [0.1, 0.15) is 51.5 Å². The predicted octanol–water partition coefficient (Wildman–Crippen LogP) is 6.15. The lowest BCUT2D eigenvalue weighted by atomic mass is 10.1. The molecule has 0 radical (unpaired) electrons. The van der Waals surface area contributed by atoms with Crippen molar-refractivity contribution in [2.75, 3.05) is 11.9 Å². The Morgan fingerprint density at radius 2 is 1.91 bits per heavy atom. The summed E-state index contributed by atoms with van der Waals surface area (Å²) in [4.78, 5) is 25.7. The number of benzene rings is 1. The standard InChI is InChI=1S/C24H20N2O5S2/c1-4-29-23(27)21-13-20-19(33-21)12-17(32-20)10-11-18-22(14(2)26-31-18)25-24(28)30-15(3)16-8-6-5-7-9-16/h5-9,12-13,15H,4H2,1-3H3,(H,25,28). The molecular weight excluding hydrogens is 460 g/mol. The number of aromatic nitrogens is 1. The Bertz CT molecular complexity index is 1330. The molecule has 7 nitrogen and oxygen atoms in total. The van der Waals surface area contributed by atoms with Gasteiger partial charge in [-0.2, -0.15) is 0 Å². The number of esters is 1. The third kappa shape index (κ3) is 5.25. The van der Waals surface area contributed by atoms with Crippen molar-refractivity contribution >= 4 is 49.8 Å². The van der Waals surface area contributed by atoms with Crippen LogP contribution in [-0.4, -0.2) is 23.8 Å². The monoisotopic (exact) mass is 480 g/mol. The molecule has 0 bridgehead atoms. The van der Waals surface area contributed by atoms with Crippen LogP contribution in [0.2, 0.25) is 0 Å². The Morgan fingerprint density at radius 3 is 2.64 bits per heavy atom. The van der Waals surface area contributed by atoms with Crippen molar-refractivity contribution in [2.24, 2.45) is 0 Å². The average molecular weight is 481 g/mol. The van der Waals surface area contributed by atoms with Crippen LogP contribution >= 0.6 is 22.7 Å². The van der Waals surface area contributed by atoms with Crippen molar-refractivity contribution in [1.29, 1.82) is 0 Å². The Hall–Kier alpha value is -3.61. The van der Waals surface area contributed by atoms with E-state index in [-0.39, 0.29) is 11.7 Å². The van der Waals surface area contributed by atoms with E-state index >= 15 is 0 Å². The fourth-order valence-electron chi connectivity index (χ4n) is 3.00. The normalized spacial score (nSPS) is 11.5. The second kappa shape index (κ2) is 9.90. The first-order chi connectivity index (χ1) is 15.9. The zero-order chi connectivity index (χ0) is 23.4. The van der Waals surface area contributed by atoms with Gasteiger partial charge in [-0.1, -0.05) is 35.5 Å². The van der Waals surface area contributed by atoms with Crippen LogP contribution < -0.4 is 5.32 Å². The van der Waals surface area contributed by atoms with Gasteiger partial charge in [0.1, 0.15) is 22.4 Å². The summed E-state index contributed by atoms with van der Waals surface area (Å²) in [6, 6.07) is 13.2. The number of anilines is 1. The molecule has 0 aliphatic carbocycles. The molecule has 0 saturated carbocycles. The van der Waals surface area contributed by atoms with E-state index in [1.807, 2.05) is 42.5 Å². The van der Waals surface area contributed by atoms with E-state index in [0.29, 0.717) is 22.9 Å². The summed E-state index contributed by atoms with van der Waals surface area (Å²) in [5.41, 5.74) is 1.75. The number of fused-ring (bicyclic) bond motifs is 1. The van der Waals surface area contributed by atoms with Gasteiger partial charge in [0, 0.05) is 9.40 Å². The molecule has 3 aromatic heterocycles. The minimum Gasteiger partial charge on any atom is -0.462 e. The molecule has 0 aliphatic rings. The number of hydrogen-bond acceptors (Lipinski definition) is 8. The molecule has 168 valence electrons. The second-order valence-corrected chi connectivity index (χ2v) is 9.14. The van der Waals surface area contributed by atoms with Gasteiger partial charge in [0.05, 0.1) is 11.5 Å². The number of amides is 1. The van der Waals surface area contributed by atoms with Gasteiger partial charge in [-0.3, -0.25) is 5.32 Å². The Morgan fingerprint density at radius 1 is 1.15 bits per heavy atom. The third-order valence-electron chi connectivity index (χ3n) is 4.63. The van der Waals surface area contributed by atoms with Gasteiger partial charge in [-0.25, -0.2) is 9.59 Å². The number of hydrogen-bond donors (Lipinski definition) is 1. The number of nitrogens with one attached hydrogen (secondary N) is 1. The van der Waals surface area contributed by atoms with E-state index in [2.05, 4.69) is 22.3 Å². The third-order valence-corrected chi connectivity index (χ3v) is 6.81. The van der Waals surface area contributed by atoms with E-state index < -0.39 is 12.2 Å². The van der Waals surface area contributed by atoms with E-state index in [1.54, 1.807) is 20.8 Å². The summed E-state index contributed by atoms with van der Waals surface area (Å²) in [6.07, 6.45) is -1.04. The number of nitrogens with zero attached hydrogens (tertiary/aromatic N) is 1. The summed E-state index contributed by atoms with van der Waals surface area (Å²) >= 11 is 2.83. The first-order valence-corrected chi connectivity index (χ1v) is 11.8. The highest BCUT2D eigenvalue weighted by atomic mass is 32.1. The van der Waals surface area contributed by atoms with Crippen LogP contribution in [0.15, 0.2) is 47.0 Å². The van der Waals surface area contributed by atoms with Crippen molar-refractivity contribution in [3.8, 4) is 11.8 Å². The van der Waals surface area contributed by atoms with Crippen LogP contribution in [0.3, 0.4) is 0 Å². The smallest absolute Gasteiger partial charge is 0.412 e. The largest absolute Gasteiger partial charge is 0.462 e. The summed E-state index contributed by atoms with van der Waals surface area (Å²) in [5, 5.41) is 6.59. The molecule has 1 atom stereocenters. The number of carbonyl (C=O) groups excluding carboxylic acids is 2. The maximum atomic E-state index is 12.4. The van der Waals surface area contributed by atoms with Crippen molar-refractivity contribution in [1.82, 2.24) is 5.16 Å². The van der Waals surface area contributed by atoms with Crippen molar-refractivity contribution in [2.45, 2.75) is 26.9 Å². The highest BCUT2D eigenvalue weighted by Crippen LogP contribution is 2.33. The molecule has 0 saturated heterocycles. The zero-order valence-electron chi connectivity index (χ0n) is 18.1. The van der Waals surface area contributed by atoms with E-state index in [0.717, 1.165) is 19.8 Å². The summed E-state index contributed by atoms with van der Waals surface area (Å²) in [5.74, 6) is 5.88. The first kappa shape index (κ1) is 22.6. The van der Waals surface area contributed by atoms with Gasteiger partial charge in [0.15, 0.2) is 0 Å². The zero-order valence-corrected chi connectivity index (χ0v) is 19.8. The first-order valence-electron chi connectivity index (χ1n) is 10.2. The maximum Gasteiger partial charge on any atom is 0.412 e. The molecule has 9 heteroatoms. The molecule has 1 amide bonds. The number of ether oxygens (including phenoxy) is 2. The van der Waals surface area contributed by atoms with Gasteiger partial charge < -0.3 is 14.0 Å². The average Bonchev–Trinajstić information content (AvgIpc) is 3.47. The van der Waals surface area contributed by atoms with Gasteiger partial charge in [-0.15, -0.1) is 22.7 Å². The highest BCUT2D eigenvalue weighted by Gasteiger charge is 2.18. The molecule has 3 heterocycles. The lowest BCUT2D eigenvalue weighted by Gasteiger charge is -2.13. The Kier molecular flexibility index (Phi) is 6.77.